The van der Waals surface area contributed by atoms with E-state index in [1.807, 2.05) is 0 Å². The number of rotatable bonds is 4. The average Bonchev–Trinajstić information content (AvgIpc) is 2.92. The number of halogens is 1. The Labute approximate surface area is 183 Å². The molecule has 2 aliphatic rings. The second kappa shape index (κ2) is 8.02. The molecule has 2 aromatic carbocycles. The van der Waals surface area contributed by atoms with Crippen molar-refractivity contribution in [3.63, 3.8) is 0 Å². The van der Waals surface area contributed by atoms with Crippen LogP contribution in [0.5, 0.6) is 0 Å². The quantitative estimate of drug-likeness (QED) is 0.306. The van der Waals surface area contributed by atoms with Crippen LogP contribution >= 0.6 is 22.6 Å². The molecular weight excluding hydrogens is 451 g/mol. The van der Waals surface area contributed by atoms with E-state index in [4.69, 9.17) is 0 Å². The molecule has 28 heavy (non-hydrogen) atoms. The van der Waals surface area contributed by atoms with Crippen molar-refractivity contribution in [1.82, 2.24) is 0 Å². The van der Waals surface area contributed by atoms with Gasteiger partial charge in [0.15, 0.2) is 0 Å². The van der Waals surface area contributed by atoms with E-state index < -0.39 is 0 Å². The van der Waals surface area contributed by atoms with E-state index >= 15 is 0 Å². The molecule has 0 atom stereocenters. The van der Waals surface area contributed by atoms with Crippen molar-refractivity contribution >= 4 is 34.2 Å². The predicted molar refractivity (Wildman–Crippen MR) is 132 cm³/mol. The molecule has 0 nitrogen and oxygen atoms in total. The van der Waals surface area contributed by atoms with Gasteiger partial charge in [0.2, 0.25) is 0 Å². The summed E-state index contributed by atoms with van der Waals surface area (Å²) in [7, 11) is 0. The number of alkyl halides is 1. The van der Waals surface area contributed by atoms with Crippen molar-refractivity contribution in [1.29, 1.82) is 0 Å². The van der Waals surface area contributed by atoms with Crippen molar-refractivity contribution in [2.24, 2.45) is 0 Å². The summed E-state index contributed by atoms with van der Waals surface area (Å²) >= 11 is 2.47. The van der Waals surface area contributed by atoms with Gasteiger partial charge >= 0.3 is 0 Å². The number of hydrogen-bond donors (Lipinski definition) is 0. The maximum atomic E-state index is 2.47. The molecule has 4 rings (SSSR count). The van der Waals surface area contributed by atoms with Gasteiger partial charge in [-0.3, -0.25) is 0 Å². The van der Waals surface area contributed by atoms with E-state index in [0.29, 0.717) is 0 Å². The SMILES string of the molecule is CCCC=C1/C(=C\CI)C(C)(C)c2cc(-c3cccc4c3C=CCC4)ccc21. The van der Waals surface area contributed by atoms with Crippen LogP contribution in [0.1, 0.15) is 62.3 Å². The van der Waals surface area contributed by atoms with Crippen molar-refractivity contribution < 1.29 is 0 Å². The van der Waals surface area contributed by atoms with Crippen LogP contribution in [0.25, 0.3) is 22.8 Å². The molecule has 0 aliphatic heterocycles. The van der Waals surface area contributed by atoms with Gasteiger partial charge in [0.05, 0.1) is 0 Å². The molecule has 1 heteroatoms. The van der Waals surface area contributed by atoms with Crippen molar-refractivity contribution in [3.05, 3.63) is 82.5 Å². The summed E-state index contributed by atoms with van der Waals surface area (Å²) in [5.74, 6) is 0. The van der Waals surface area contributed by atoms with E-state index in [9.17, 15) is 0 Å². The zero-order valence-corrected chi connectivity index (χ0v) is 19.3. The molecule has 0 N–H and O–H groups in total. The normalized spacial score (nSPS) is 19.9. The molecule has 0 heterocycles. The van der Waals surface area contributed by atoms with Crippen LogP contribution < -0.4 is 0 Å². The molecule has 2 aromatic rings. The lowest BCUT2D eigenvalue weighted by Gasteiger charge is -2.23. The minimum absolute atomic E-state index is 0.0563. The van der Waals surface area contributed by atoms with Gasteiger partial charge in [-0.15, -0.1) is 0 Å². The molecule has 144 valence electrons. The zero-order chi connectivity index (χ0) is 19.7. The van der Waals surface area contributed by atoms with Crippen LogP contribution in [0.2, 0.25) is 0 Å². The molecule has 0 fully saturated rings. The second-order valence-corrected chi connectivity index (χ2v) is 9.26. The predicted octanol–water partition coefficient (Wildman–Crippen LogP) is 8.15. The Morgan fingerprint density at radius 3 is 2.71 bits per heavy atom. The van der Waals surface area contributed by atoms with Gasteiger partial charge < -0.3 is 0 Å². The summed E-state index contributed by atoms with van der Waals surface area (Å²) in [5.41, 5.74) is 11.5. The van der Waals surface area contributed by atoms with E-state index in [-0.39, 0.29) is 5.41 Å². The first-order chi connectivity index (χ1) is 13.6. The molecule has 0 unspecified atom stereocenters. The number of aryl methyl sites for hydroxylation is 1. The Morgan fingerprint density at radius 1 is 1.07 bits per heavy atom. The van der Waals surface area contributed by atoms with Gasteiger partial charge in [0, 0.05) is 9.84 Å². The number of benzene rings is 2. The maximum absolute atomic E-state index is 2.47. The van der Waals surface area contributed by atoms with Crippen LogP contribution in [0.4, 0.5) is 0 Å². The summed E-state index contributed by atoms with van der Waals surface area (Å²) < 4.78 is 1.05. The molecule has 0 radical (unpaired) electrons. The first-order valence-electron chi connectivity index (χ1n) is 10.5. The summed E-state index contributed by atoms with van der Waals surface area (Å²) in [5, 5.41) is 0. The van der Waals surface area contributed by atoms with Gasteiger partial charge in [-0.2, -0.15) is 0 Å². The largest absolute Gasteiger partial charge is 0.0836 e. The third-order valence-electron chi connectivity index (χ3n) is 6.24. The van der Waals surface area contributed by atoms with Crippen LogP contribution in [0, 0.1) is 0 Å². The van der Waals surface area contributed by atoms with E-state index in [1.165, 1.54) is 50.9 Å². The minimum Gasteiger partial charge on any atom is -0.0836 e. The number of hydrogen-bond acceptors (Lipinski definition) is 0. The molecule has 0 saturated heterocycles. The highest BCUT2D eigenvalue weighted by Gasteiger charge is 2.37. The Morgan fingerprint density at radius 2 is 1.93 bits per heavy atom. The van der Waals surface area contributed by atoms with Crippen LogP contribution in [0.3, 0.4) is 0 Å². The number of allylic oxidation sites excluding steroid dienone is 5. The third-order valence-corrected chi connectivity index (χ3v) is 6.68. The molecule has 2 aliphatic carbocycles. The molecule has 0 aromatic heterocycles. The number of fused-ring (bicyclic) bond motifs is 2. The Balaban J connectivity index is 1.88. The van der Waals surface area contributed by atoms with Gasteiger partial charge in [-0.25, -0.2) is 0 Å². The van der Waals surface area contributed by atoms with Gasteiger partial charge in [0.1, 0.15) is 0 Å². The maximum Gasteiger partial charge on any atom is 0.0182 e. The van der Waals surface area contributed by atoms with Gasteiger partial charge in [0.25, 0.3) is 0 Å². The van der Waals surface area contributed by atoms with Gasteiger partial charge in [-0.1, -0.05) is 104 Å². The van der Waals surface area contributed by atoms with Crippen molar-refractivity contribution in [3.8, 4) is 11.1 Å². The lowest BCUT2D eigenvalue weighted by Crippen LogP contribution is -2.15. The second-order valence-electron chi connectivity index (χ2n) is 8.38. The molecule has 0 saturated carbocycles. The molecule has 0 amide bonds. The van der Waals surface area contributed by atoms with Crippen LogP contribution in [0.15, 0.2) is 60.2 Å². The third kappa shape index (κ3) is 3.32. The summed E-state index contributed by atoms with van der Waals surface area (Å²) in [6.07, 6.45) is 14.2. The zero-order valence-electron chi connectivity index (χ0n) is 17.2. The smallest absolute Gasteiger partial charge is 0.0182 e. The van der Waals surface area contributed by atoms with E-state index in [0.717, 1.165) is 23.7 Å². The topological polar surface area (TPSA) is 0 Å². The van der Waals surface area contributed by atoms with E-state index in [1.54, 1.807) is 0 Å². The summed E-state index contributed by atoms with van der Waals surface area (Å²) in [4.78, 5) is 0. The van der Waals surface area contributed by atoms with E-state index in [2.05, 4.69) is 104 Å². The minimum atomic E-state index is 0.0563. The fourth-order valence-corrected chi connectivity index (χ4v) is 5.20. The molecule has 0 spiro atoms. The standard InChI is InChI=1S/C27H29I/c1-4-5-11-23-24-15-14-20(18-26(24)27(2,3)25(23)16-17-28)22-13-8-10-19-9-6-7-12-21(19)22/h7-8,10-16,18H,4-6,9,17H2,1-3H3/b23-11?,25-16+. The fourth-order valence-electron chi connectivity index (χ4n) is 4.76. The highest BCUT2D eigenvalue weighted by Crippen LogP contribution is 2.51. The number of unbranched alkanes of at least 4 members (excludes halogenated alkanes) is 1. The highest BCUT2D eigenvalue weighted by molar-refractivity contribution is 14.1. The first kappa shape index (κ1) is 19.7. The average molecular weight is 480 g/mol. The monoisotopic (exact) mass is 480 g/mol. The molecular formula is C27H29I. The summed E-state index contributed by atoms with van der Waals surface area (Å²) in [6, 6.07) is 14.0. The summed E-state index contributed by atoms with van der Waals surface area (Å²) in [6.45, 7) is 7.04. The lowest BCUT2D eigenvalue weighted by atomic mass is 9.81. The van der Waals surface area contributed by atoms with Crippen molar-refractivity contribution in [2.75, 3.05) is 4.43 Å². The lowest BCUT2D eigenvalue weighted by molar-refractivity contribution is 0.660. The van der Waals surface area contributed by atoms with Crippen LogP contribution in [-0.2, 0) is 11.8 Å². The highest BCUT2D eigenvalue weighted by atomic mass is 127. The fraction of sp³-hybridized carbons (Fsp3) is 0.333. The van der Waals surface area contributed by atoms with Crippen molar-refractivity contribution in [2.45, 2.75) is 51.9 Å². The first-order valence-corrected chi connectivity index (χ1v) is 12.0. The van der Waals surface area contributed by atoms with Gasteiger partial charge in [-0.05, 0) is 69.9 Å². The Hall–Kier alpha value is -1.61. The van der Waals surface area contributed by atoms with Crippen LogP contribution in [-0.4, -0.2) is 4.43 Å². The Kier molecular flexibility index (Phi) is 5.64. The Bertz CT molecular complexity index is 985. The molecule has 0 bridgehead atoms.